The van der Waals surface area contributed by atoms with E-state index in [0.29, 0.717) is 18.0 Å². The number of benzene rings is 1. The Morgan fingerprint density at radius 2 is 1.85 bits per heavy atom. The minimum Gasteiger partial charge on any atom is -0.316 e. The van der Waals surface area contributed by atoms with E-state index in [4.69, 9.17) is 0 Å². The van der Waals surface area contributed by atoms with Crippen molar-refractivity contribution in [3.05, 3.63) is 30.3 Å². The van der Waals surface area contributed by atoms with Crippen molar-refractivity contribution in [1.29, 1.82) is 0 Å². The molecule has 110 valence electrons. The smallest absolute Gasteiger partial charge is 0.243 e. The summed E-state index contributed by atoms with van der Waals surface area (Å²) in [7, 11) is -3.33. The molecule has 1 unspecified atom stereocenters. The fraction of sp³-hybridized carbons (Fsp3) is 0.600. The average Bonchev–Trinajstić information content (AvgIpc) is 2.49. The van der Waals surface area contributed by atoms with Crippen LogP contribution >= 0.6 is 0 Å². The topological polar surface area (TPSA) is 49.4 Å². The first kappa shape index (κ1) is 14.0. The average molecular weight is 294 g/mol. The highest BCUT2D eigenvalue weighted by Gasteiger charge is 2.40. The SMILES string of the molecule is O=S(=O)(c1ccccc1)N1CCCC2(CCCNC2)C1. The highest BCUT2D eigenvalue weighted by molar-refractivity contribution is 7.89. The normalized spacial score (nSPS) is 28.6. The molecule has 2 saturated heterocycles. The lowest BCUT2D eigenvalue weighted by Crippen LogP contribution is -2.52. The van der Waals surface area contributed by atoms with Crippen LogP contribution in [0.1, 0.15) is 25.7 Å². The van der Waals surface area contributed by atoms with E-state index in [2.05, 4.69) is 5.32 Å². The number of piperidine rings is 2. The Hall–Kier alpha value is -0.910. The summed E-state index contributed by atoms with van der Waals surface area (Å²) in [6.07, 6.45) is 4.40. The number of nitrogens with zero attached hydrogens (tertiary/aromatic N) is 1. The third-order valence-corrected chi connectivity index (χ3v) is 6.43. The van der Waals surface area contributed by atoms with Crippen LogP contribution < -0.4 is 5.32 Å². The molecule has 3 rings (SSSR count). The molecule has 0 aliphatic carbocycles. The van der Waals surface area contributed by atoms with Crippen molar-refractivity contribution in [2.45, 2.75) is 30.6 Å². The third kappa shape index (κ3) is 2.62. The molecule has 2 fully saturated rings. The Morgan fingerprint density at radius 1 is 1.10 bits per heavy atom. The summed E-state index contributed by atoms with van der Waals surface area (Å²) in [6, 6.07) is 8.80. The molecule has 1 aromatic rings. The second-order valence-corrected chi connectivity index (χ2v) is 7.97. The maximum Gasteiger partial charge on any atom is 0.243 e. The molecule has 0 saturated carbocycles. The zero-order valence-electron chi connectivity index (χ0n) is 11.7. The van der Waals surface area contributed by atoms with E-state index in [1.807, 2.05) is 6.07 Å². The first-order valence-electron chi connectivity index (χ1n) is 7.38. The number of hydrogen-bond acceptors (Lipinski definition) is 3. The molecule has 0 radical (unpaired) electrons. The molecular weight excluding hydrogens is 272 g/mol. The van der Waals surface area contributed by atoms with Crippen LogP contribution in [0, 0.1) is 5.41 Å². The van der Waals surface area contributed by atoms with Gasteiger partial charge in [0.2, 0.25) is 10.0 Å². The Morgan fingerprint density at radius 3 is 2.55 bits per heavy atom. The van der Waals surface area contributed by atoms with Gasteiger partial charge in [-0.2, -0.15) is 4.31 Å². The Kier molecular flexibility index (Phi) is 3.84. The van der Waals surface area contributed by atoms with Crippen molar-refractivity contribution in [2.75, 3.05) is 26.2 Å². The van der Waals surface area contributed by atoms with Crippen LogP contribution in [0.25, 0.3) is 0 Å². The van der Waals surface area contributed by atoms with E-state index >= 15 is 0 Å². The lowest BCUT2D eigenvalue weighted by molar-refractivity contribution is 0.110. The highest BCUT2D eigenvalue weighted by atomic mass is 32.2. The van der Waals surface area contributed by atoms with Gasteiger partial charge in [0.25, 0.3) is 0 Å². The molecule has 4 nitrogen and oxygen atoms in total. The molecule has 5 heteroatoms. The van der Waals surface area contributed by atoms with E-state index in [9.17, 15) is 8.42 Å². The molecule has 1 N–H and O–H groups in total. The van der Waals surface area contributed by atoms with Crippen LogP contribution in [0.5, 0.6) is 0 Å². The van der Waals surface area contributed by atoms with E-state index < -0.39 is 10.0 Å². The Balaban J connectivity index is 1.83. The predicted octanol–water partition coefficient (Wildman–Crippen LogP) is 1.84. The second-order valence-electron chi connectivity index (χ2n) is 6.04. The van der Waals surface area contributed by atoms with E-state index in [1.165, 1.54) is 0 Å². The molecule has 1 aromatic carbocycles. The largest absolute Gasteiger partial charge is 0.316 e. The van der Waals surface area contributed by atoms with E-state index in [-0.39, 0.29) is 5.41 Å². The van der Waals surface area contributed by atoms with Crippen molar-refractivity contribution in [1.82, 2.24) is 9.62 Å². The minimum absolute atomic E-state index is 0.151. The van der Waals surface area contributed by atoms with E-state index in [0.717, 1.165) is 38.8 Å². The van der Waals surface area contributed by atoms with Crippen molar-refractivity contribution >= 4 is 10.0 Å². The zero-order chi connectivity index (χ0) is 14.1. The van der Waals surface area contributed by atoms with Gasteiger partial charge in [0, 0.05) is 19.6 Å². The monoisotopic (exact) mass is 294 g/mol. The number of sulfonamides is 1. The highest BCUT2D eigenvalue weighted by Crippen LogP contribution is 2.37. The van der Waals surface area contributed by atoms with Crippen molar-refractivity contribution < 1.29 is 8.42 Å². The third-order valence-electron chi connectivity index (χ3n) is 4.57. The molecule has 2 aliphatic rings. The van der Waals surface area contributed by atoms with Crippen LogP contribution in [0.4, 0.5) is 0 Å². The van der Waals surface area contributed by atoms with Crippen molar-refractivity contribution in [3.8, 4) is 0 Å². The minimum atomic E-state index is -3.33. The van der Waals surface area contributed by atoms with Crippen LogP contribution in [-0.4, -0.2) is 38.9 Å². The summed E-state index contributed by atoms with van der Waals surface area (Å²) in [6.45, 7) is 3.33. The summed E-state index contributed by atoms with van der Waals surface area (Å²) in [4.78, 5) is 0.417. The van der Waals surface area contributed by atoms with Gasteiger partial charge < -0.3 is 5.32 Å². The van der Waals surface area contributed by atoms with Crippen LogP contribution in [0.15, 0.2) is 35.2 Å². The van der Waals surface area contributed by atoms with Gasteiger partial charge in [-0.3, -0.25) is 0 Å². The summed E-state index contributed by atoms with van der Waals surface area (Å²) in [5.74, 6) is 0. The van der Waals surface area contributed by atoms with Crippen LogP contribution in [0.2, 0.25) is 0 Å². The summed E-state index contributed by atoms with van der Waals surface area (Å²) in [5, 5.41) is 3.44. The Labute approximate surface area is 121 Å². The summed E-state index contributed by atoms with van der Waals surface area (Å²) in [5.41, 5.74) is 0.151. The molecule has 2 heterocycles. The molecule has 20 heavy (non-hydrogen) atoms. The molecule has 1 atom stereocenters. The lowest BCUT2D eigenvalue weighted by atomic mass is 9.75. The molecule has 0 bridgehead atoms. The molecule has 0 amide bonds. The van der Waals surface area contributed by atoms with Gasteiger partial charge in [0.05, 0.1) is 4.90 Å². The molecule has 2 aliphatic heterocycles. The predicted molar refractivity (Wildman–Crippen MR) is 79.0 cm³/mol. The first-order valence-corrected chi connectivity index (χ1v) is 8.82. The summed E-state index contributed by atoms with van der Waals surface area (Å²) >= 11 is 0. The Bertz CT molecular complexity index is 545. The number of rotatable bonds is 2. The van der Waals surface area contributed by atoms with Gasteiger partial charge >= 0.3 is 0 Å². The van der Waals surface area contributed by atoms with Crippen LogP contribution in [-0.2, 0) is 10.0 Å². The van der Waals surface area contributed by atoms with Crippen molar-refractivity contribution in [2.24, 2.45) is 5.41 Å². The van der Waals surface area contributed by atoms with Gasteiger partial charge in [0.1, 0.15) is 0 Å². The van der Waals surface area contributed by atoms with Gasteiger partial charge in [-0.15, -0.1) is 0 Å². The van der Waals surface area contributed by atoms with E-state index in [1.54, 1.807) is 28.6 Å². The van der Waals surface area contributed by atoms with Gasteiger partial charge in [-0.1, -0.05) is 18.2 Å². The lowest BCUT2D eigenvalue weighted by Gasteiger charge is -2.44. The maximum absolute atomic E-state index is 12.7. The van der Waals surface area contributed by atoms with Gasteiger partial charge in [-0.25, -0.2) is 8.42 Å². The zero-order valence-corrected chi connectivity index (χ0v) is 12.5. The molecular formula is C15H22N2O2S. The first-order chi connectivity index (χ1) is 9.62. The molecule has 1 spiro atoms. The molecule has 0 aromatic heterocycles. The fourth-order valence-corrected chi connectivity index (χ4v) is 5.10. The fourth-order valence-electron chi connectivity index (χ4n) is 3.49. The number of nitrogens with one attached hydrogen (secondary N) is 1. The van der Waals surface area contributed by atoms with Gasteiger partial charge in [-0.05, 0) is 49.8 Å². The van der Waals surface area contributed by atoms with Gasteiger partial charge in [0.15, 0.2) is 0 Å². The van der Waals surface area contributed by atoms with Crippen molar-refractivity contribution in [3.63, 3.8) is 0 Å². The van der Waals surface area contributed by atoms with Crippen LogP contribution in [0.3, 0.4) is 0 Å². The number of hydrogen-bond donors (Lipinski definition) is 1. The standard InChI is InChI=1S/C15H22N2O2S/c18-20(19,14-6-2-1-3-7-14)17-11-5-9-15(13-17)8-4-10-16-12-15/h1-3,6-7,16H,4-5,8-13H2. The second kappa shape index (κ2) is 5.47. The summed E-state index contributed by atoms with van der Waals surface area (Å²) < 4.78 is 27.1. The quantitative estimate of drug-likeness (QED) is 0.905. The maximum atomic E-state index is 12.7.